The summed E-state index contributed by atoms with van der Waals surface area (Å²) in [4.78, 5) is 13.3. The number of anilines is 1. The average Bonchev–Trinajstić information content (AvgIpc) is 3.34. The highest BCUT2D eigenvalue weighted by Crippen LogP contribution is 2.50. The minimum absolute atomic E-state index is 0.125. The molecule has 0 saturated carbocycles. The molecule has 0 aromatic heterocycles. The summed E-state index contributed by atoms with van der Waals surface area (Å²) in [6, 6.07) is 28.3. The highest BCUT2D eigenvalue weighted by Gasteiger charge is 2.39. The van der Waals surface area contributed by atoms with Crippen molar-refractivity contribution in [2.45, 2.75) is 18.4 Å². The van der Waals surface area contributed by atoms with E-state index in [9.17, 15) is 4.79 Å². The van der Waals surface area contributed by atoms with E-state index < -0.39 is 0 Å². The molecule has 6 rings (SSSR count). The second-order valence-electron chi connectivity index (χ2n) is 8.70. The number of halogens is 1. The molecule has 0 amide bonds. The molecule has 33 heavy (non-hydrogen) atoms. The summed E-state index contributed by atoms with van der Waals surface area (Å²) in [6.07, 6.45) is 5.57. The molecule has 1 heterocycles. The summed E-state index contributed by atoms with van der Waals surface area (Å²) in [6.45, 7) is 0. The predicted molar refractivity (Wildman–Crippen MR) is 136 cm³/mol. The van der Waals surface area contributed by atoms with E-state index in [-0.39, 0.29) is 17.9 Å². The number of allylic oxidation sites excluding steroid dienone is 2. The van der Waals surface area contributed by atoms with E-state index in [2.05, 4.69) is 63.7 Å². The molecule has 4 heteroatoms. The Morgan fingerprint density at radius 2 is 1.73 bits per heavy atom. The standard InChI is InChI=1S/C29H22BrNO2/c30-21-14-11-19(12-15-21)27-24-8-3-7-23(24)25-9-4-10-26(28(25)31-27)29(32)33-22-16-13-18-5-1-2-6-20(18)17-22/h1-7,9-17,23-24,27,31H,8H2/t23-,24-,27+/m1/s1. The van der Waals surface area contributed by atoms with Gasteiger partial charge >= 0.3 is 5.97 Å². The van der Waals surface area contributed by atoms with Gasteiger partial charge in [0.25, 0.3) is 0 Å². The van der Waals surface area contributed by atoms with Crippen LogP contribution in [0, 0.1) is 5.92 Å². The fourth-order valence-electron chi connectivity index (χ4n) is 5.18. The van der Waals surface area contributed by atoms with E-state index in [1.807, 2.05) is 54.6 Å². The first-order chi connectivity index (χ1) is 16.2. The van der Waals surface area contributed by atoms with Crippen molar-refractivity contribution in [2.24, 2.45) is 5.92 Å². The van der Waals surface area contributed by atoms with E-state index in [0.717, 1.165) is 32.9 Å². The monoisotopic (exact) mass is 495 g/mol. The first-order valence-electron chi connectivity index (χ1n) is 11.2. The van der Waals surface area contributed by atoms with Crippen LogP contribution in [0.5, 0.6) is 5.75 Å². The van der Waals surface area contributed by atoms with Crippen LogP contribution in [0.2, 0.25) is 0 Å². The van der Waals surface area contributed by atoms with Gasteiger partial charge in [-0.3, -0.25) is 0 Å². The number of esters is 1. The SMILES string of the molecule is O=C(Oc1ccc2ccccc2c1)c1cccc2c1N[C@@H](c1ccc(Br)cc1)[C@@H]1CC=C[C@@H]21. The molecule has 3 nitrogen and oxygen atoms in total. The summed E-state index contributed by atoms with van der Waals surface area (Å²) in [5.74, 6) is 0.911. The van der Waals surface area contributed by atoms with Gasteiger partial charge in [0.1, 0.15) is 5.75 Å². The van der Waals surface area contributed by atoms with E-state index in [1.54, 1.807) is 0 Å². The molecule has 162 valence electrons. The zero-order valence-corrected chi connectivity index (χ0v) is 19.5. The molecule has 4 aromatic carbocycles. The van der Waals surface area contributed by atoms with Crippen molar-refractivity contribution in [2.75, 3.05) is 5.32 Å². The van der Waals surface area contributed by atoms with Crippen LogP contribution < -0.4 is 10.1 Å². The molecule has 1 aliphatic carbocycles. The van der Waals surface area contributed by atoms with Crippen molar-refractivity contribution in [1.82, 2.24) is 0 Å². The third-order valence-corrected chi connectivity index (χ3v) is 7.31. The Morgan fingerprint density at radius 3 is 2.58 bits per heavy atom. The quantitative estimate of drug-likeness (QED) is 0.180. The van der Waals surface area contributed by atoms with Gasteiger partial charge in [-0.15, -0.1) is 0 Å². The van der Waals surface area contributed by atoms with Crippen LogP contribution in [0.15, 0.2) is 102 Å². The number of fused-ring (bicyclic) bond motifs is 4. The minimum atomic E-state index is -0.343. The second kappa shape index (κ2) is 8.20. The van der Waals surface area contributed by atoms with E-state index in [1.165, 1.54) is 5.56 Å². The molecular weight excluding hydrogens is 474 g/mol. The number of benzene rings is 4. The molecular formula is C29H22BrNO2. The second-order valence-corrected chi connectivity index (χ2v) is 9.61. The van der Waals surface area contributed by atoms with Crippen LogP contribution >= 0.6 is 15.9 Å². The number of para-hydroxylation sites is 1. The summed E-state index contributed by atoms with van der Waals surface area (Å²) in [5.41, 5.74) is 3.83. The molecule has 0 fully saturated rings. The molecule has 1 aliphatic heterocycles. The molecule has 4 aromatic rings. The van der Waals surface area contributed by atoms with E-state index in [4.69, 9.17) is 4.74 Å². The van der Waals surface area contributed by atoms with Gasteiger partial charge in [-0.25, -0.2) is 4.79 Å². The zero-order chi connectivity index (χ0) is 22.4. The molecule has 2 aliphatic rings. The van der Waals surface area contributed by atoms with Crippen molar-refractivity contribution in [3.05, 3.63) is 118 Å². The van der Waals surface area contributed by atoms with Gasteiger partial charge < -0.3 is 10.1 Å². The van der Waals surface area contributed by atoms with Crippen LogP contribution in [-0.4, -0.2) is 5.97 Å². The topological polar surface area (TPSA) is 38.3 Å². The molecule has 0 radical (unpaired) electrons. The van der Waals surface area contributed by atoms with Crippen molar-refractivity contribution in [3.8, 4) is 5.75 Å². The minimum Gasteiger partial charge on any atom is -0.423 e. The lowest BCUT2D eigenvalue weighted by molar-refractivity contribution is 0.0735. The Morgan fingerprint density at radius 1 is 0.909 bits per heavy atom. The third-order valence-electron chi connectivity index (χ3n) is 6.78. The van der Waals surface area contributed by atoms with Crippen molar-refractivity contribution >= 4 is 38.4 Å². The Kier molecular flexibility index (Phi) is 5.03. The smallest absolute Gasteiger partial charge is 0.345 e. The maximum Gasteiger partial charge on any atom is 0.345 e. The lowest BCUT2D eigenvalue weighted by Crippen LogP contribution is -2.30. The predicted octanol–water partition coefficient (Wildman–Crippen LogP) is 7.65. The number of nitrogens with one attached hydrogen (secondary N) is 1. The van der Waals surface area contributed by atoms with Gasteiger partial charge in [0, 0.05) is 10.4 Å². The molecule has 0 bridgehead atoms. The number of carbonyl (C=O) groups excluding carboxylic acids is 1. The van der Waals surface area contributed by atoms with Crippen LogP contribution in [0.1, 0.15) is 39.9 Å². The number of hydrogen-bond donors (Lipinski definition) is 1. The maximum atomic E-state index is 13.3. The number of carbonyl (C=O) groups is 1. The normalized spacial score (nSPS) is 20.7. The molecule has 0 unspecified atom stereocenters. The Hall–Kier alpha value is -3.37. The number of rotatable bonds is 3. The lowest BCUT2D eigenvalue weighted by Gasteiger charge is -2.38. The van der Waals surface area contributed by atoms with E-state index in [0.29, 0.717) is 17.2 Å². The van der Waals surface area contributed by atoms with Gasteiger partial charge in [-0.2, -0.15) is 0 Å². The van der Waals surface area contributed by atoms with Crippen molar-refractivity contribution < 1.29 is 9.53 Å². The fourth-order valence-corrected chi connectivity index (χ4v) is 5.45. The summed E-state index contributed by atoms with van der Waals surface area (Å²) in [5, 5.41) is 5.88. The number of hydrogen-bond acceptors (Lipinski definition) is 3. The first-order valence-corrected chi connectivity index (χ1v) is 12.0. The summed E-state index contributed by atoms with van der Waals surface area (Å²) >= 11 is 3.53. The van der Waals surface area contributed by atoms with Gasteiger partial charge in [-0.1, -0.05) is 82.7 Å². The largest absolute Gasteiger partial charge is 0.423 e. The van der Waals surface area contributed by atoms with Crippen LogP contribution in [0.25, 0.3) is 10.8 Å². The summed E-state index contributed by atoms with van der Waals surface area (Å²) < 4.78 is 6.90. The Bertz CT molecular complexity index is 1390. The molecule has 0 spiro atoms. The third kappa shape index (κ3) is 3.65. The van der Waals surface area contributed by atoms with Gasteiger partial charge in [-0.05, 0) is 64.6 Å². The molecule has 0 saturated heterocycles. The van der Waals surface area contributed by atoms with Crippen LogP contribution in [-0.2, 0) is 0 Å². The van der Waals surface area contributed by atoms with Crippen LogP contribution in [0.4, 0.5) is 5.69 Å². The highest BCUT2D eigenvalue weighted by atomic mass is 79.9. The van der Waals surface area contributed by atoms with E-state index >= 15 is 0 Å². The zero-order valence-electron chi connectivity index (χ0n) is 17.9. The first kappa shape index (κ1) is 20.3. The fraction of sp³-hybridized carbons (Fsp3) is 0.138. The van der Waals surface area contributed by atoms with Gasteiger partial charge in [0.2, 0.25) is 0 Å². The van der Waals surface area contributed by atoms with Crippen LogP contribution in [0.3, 0.4) is 0 Å². The maximum absolute atomic E-state index is 13.3. The molecule has 1 N–H and O–H groups in total. The van der Waals surface area contributed by atoms with Gasteiger partial charge in [0.05, 0.1) is 17.3 Å². The highest BCUT2D eigenvalue weighted by molar-refractivity contribution is 9.10. The van der Waals surface area contributed by atoms with Crippen molar-refractivity contribution in [1.29, 1.82) is 0 Å². The molecule has 3 atom stereocenters. The number of ether oxygens (including phenoxy) is 1. The van der Waals surface area contributed by atoms with Gasteiger partial charge in [0.15, 0.2) is 0 Å². The Labute approximate surface area is 201 Å². The van der Waals surface area contributed by atoms with Crippen molar-refractivity contribution in [3.63, 3.8) is 0 Å². The average molecular weight is 496 g/mol. The Balaban J connectivity index is 1.36. The summed E-state index contributed by atoms with van der Waals surface area (Å²) in [7, 11) is 0. The lowest BCUT2D eigenvalue weighted by atomic mass is 9.76.